The van der Waals surface area contributed by atoms with Crippen molar-refractivity contribution in [2.24, 2.45) is 0 Å². The van der Waals surface area contributed by atoms with E-state index in [9.17, 15) is 4.79 Å². The highest BCUT2D eigenvalue weighted by Gasteiger charge is 2.13. The summed E-state index contributed by atoms with van der Waals surface area (Å²) in [5.74, 6) is 0.0670. The number of rotatable bonds is 8. The first-order valence-corrected chi connectivity index (χ1v) is 10.3. The third-order valence-electron chi connectivity index (χ3n) is 5.06. The van der Waals surface area contributed by atoms with Crippen molar-refractivity contribution in [3.05, 3.63) is 108 Å². The minimum atomic E-state index is 0.0670. The molecule has 0 radical (unpaired) electrons. The van der Waals surface area contributed by atoms with E-state index in [-0.39, 0.29) is 5.91 Å². The largest absolute Gasteiger partial charge is 0.356 e. The van der Waals surface area contributed by atoms with Crippen LogP contribution in [-0.4, -0.2) is 22.2 Å². The maximum absolute atomic E-state index is 12.4. The second kappa shape index (κ2) is 9.70. The lowest BCUT2D eigenvalue weighted by Crippen LogP contribution is -2.25. The third kappa shape index (κ3) is 5.03. The van der Waals surface area contributed by atoms with Gasteiger partial charge in [0.1, 0.15) is 0 Å². The summed E-state index contributed by atoms with van der Waals surface area (Å²) < 4.78 is 1.89. The lowest BCUT2D eigenvalue weighted by molar-refractivity contribution is -0.121. The van der Waals surface area contributed by atoms with E-state index in [0.717, 1.165) is 28.9 Å². The summed E-state index contributed by atoms with van der Waals surface area (Å²) in [4.78, 5) is 12.4. The van der Waals surface area contributed by atoms with Crippen LogP contribution in [0.5, 0.6) is 0 Å². The van der Waals surface area contributed by atoms with E-state index in [2.05, 4.69) is 29.6 Å². The Hall–Kier alpha value is -3.66. The summed E-state index contributed by atoms with van der Waals surface area (Å²) in [6, 6.07) is 30.4. The summed E-state index contributed by atoms with van der Waals surface area (Å²) in [5.41, 5.74) is 5.30. The number of para-hydroxylation sites is 1. The number of aryl methyl sites for hydroxylation is 1. The van der Waals surface area contributed by atoms with Crippen LogP contribution in [-0.2, 0) is 17.6 Å². The molecule has 3 aromatic carbocycles. The molecule has 0 fully saturated rings. The van der Waals surface area contributed by atoms with Crippen LogP contribution in [0.15, 0.2) is 97.2 Å². The predicted octanol–water partition coefficient (Wildman–Crippen LogP) is 4.83. The number of hydrogen-bond acceptors (Lipinski definition) is 2. The van der Waals surface area contributed by atoms with Crippen molar-refractivity contribution < 1.29 is 4.79 Å². The van der Waals surface area contributed by atoms with E-state index in [4.69, 9.17) is 5.10 Å². The van der Waals surface area contributed by atoms with Crippen LogP contribution in [0.25, 0.3) is 16.9 Å². The summed E-state index contributed by atoms with van der Waals surface area (Å²) >= 11 is 0. The Morgan fingerprint density at radius 3 is 2.13 bits per heavy atom. The minimum absolute atomic E-state index is 0.0670. The number of carbonyl (C=O) groups is 1. The second-order valence-electron chi connectivity index (χ2n) is 7.23. The summed E-state index contributed by atoms with van der Waals surface area (Å²) in [6.45, 7) is 0.650. The molecule has 1 heterocycles. The summed E-state index contributed by atoms with van der Waals surface area (Å²) in [6.07, 6.45) is 3.96. The van der Waals surface area contributed by atoms with Crippen LogP contribution in [0.3, 0.4) is 0 Å². The van der Waals surface area contributed by atoms with Crippen LogP contribution < -0.4 is 5.32 Å². The fraction of sp³-hybridized carbons (Fsp3) is 0.154. The van der Waals surface area contributed by atoms with E-state index in [0.29, 0.717) is 19.4 Å². The molecular formula is C26H25N3O. The summed E-state index contributed by atoms with van der Waals surface area (Å²) in [7, 11) is 0. The van der Waals surface area contributed by atoms with Gasteiger partial charge in [-0.2, -0.15) is 5.10 Å². The van der Waals surface area contributed by atoms with Crippen molar-refractivity contribution >= 4 is 5.91 Å². The van der Waals surface area contributed by atoms with Gasteiger partial charge < -0.3 is 5.32 Å². The molecule has 30 heavy (non-hydrogen) atoms. The Bertz CT molecular complexity index is 1070. The van der Waals surface area contributed by atoms with Gasteiger partial charge in [0.15, 0.2) is 0 Å². The van der Waals surface area contributed by atoms with Crippen molar-refractivity contribution in [3.8, 4) is 16.9 Å². The molecule has 150 valence electrons. The van der Waals surface area contributed by atoms with Crippen LogP contribution in [0.2, 0.25) is 0 Å². The molecule has 1 N–H and O–H groups in total. The molecule has 1 amide bonds. The molecule has 0 spiro atoms. The van der Waals surface area contributed by atoms with Gasteiger partial charge in [-0.15, -0.1) is 0 Å². The van der Waals surface area contributed by atoms with Crippen molar-refractivity contribution in [1.82, 2.24) is 15.1 Å². The first-order chi connectivity index (χ1) is 14.8. The molecule has 0 aliphatic carbocycles. The van der Waals surface area contributed by atoms with Gasteiger partial charge >= 0.3 is 0 Å². The van der Waals surface area contributed by atoms with E-state index >= 15 is 0 Å². The van der Waals surface area contributed by atoms with Crippen LogP contribution in [0.4, 0.5) is 0 Å². The molecule has 4 aromatic rings. The van der Waals surface area contributed by atoms with Crippen LogP contribution >= 0.6 is 0 Å². The normalized spacial score (nSPS) is 10.7. The SMILES string of the molecule is O=C(CCc1cn(-c2ccccc2)nc1-c1ccccc1)NCCc1ccccc1. The number of aromatic nitrogens is 2. The molecule has 0 aliphatic heterocycles. The molecule has 4 nitrogen and oxygen atoms in total. The molecular weight excluding hydrogens is 370 g/mol. The monoisotopic (exact) mass is 395 g/mol. The zero-order valence-corrected chi connectivity index (χ0v) is 16.9. The van der Waals surface area contributed by atoms with Crippen molar-refractivity contribution in [1.29, 1.82) is 0 Å². The number of benzene rings is 3. The molecule has 0 bridgehead atoms. The van der Waals surface area contributed by atoms with Crippen LogP contribution in [0, 0.1) is 0 Å². The van der Waals surface area contributed by atoms with Crippen molar-refractivity contribution in [2.75, 3.05) is 6.54 Å². The molecule has 0 saturated heterocycles. The maximum atomic E-state index is 12.4. The van der Waals surface area contributed by atoms with Gasteiger partial charge in [0.25, 0.3) is 0 Å². The van der Waals surface area contributed by atoms with Gasteiger partial charge in [0.2, 0.25) is 5.91 Å². The van der Waals surface area contributed by atoms with E-state index in [1.54, 1.807) is 0 Å². The number of nitrogens with one attached hydrogen (secondary N) is 1. The molecule has 0 saturated carbocycles. The minimum Gasteiger partial charge on any atom is -0.356 e. The van der Waals surface area contributed by atoms with Gasteiger partial charge in [-0.1, -0.05) is 78.9 Å². The van der Waals surface area contributed by atoms with Gasteiger partial charge in [0.05, 0.1) is 11.4 Å². The standard InChI is InChI=1S/C26H25N3O/c30-25(27-19-18-21-10-4-1-5-11-21)17-16-23-20-29(24-14-8-3-9-15-24)28-26(23)22-12-6-2-7-13-22/h1-15,20H,16-19H2,(H,27,30). The predicted molar refractivity (Wildman–Crippen MR) is 120 cm³/mol. The van der Waals surface area contributed by atoms with Crippen LogP contribution in [0.1, 0.15) is 17.5 Å². The number of carbonyl (C=O) groups excluding carboxylic acids is 1. The molecule has 4 heteroatoms. The average Bonchev–Trinajstić information content (AvgIpc) is 3.24. The van der Waals surface area contributed by atoms with Crippen molar-refractivity contribution in [3.63, 3.8) is 0 Å². The Balaban J connectivity index is 1.43. The second-order valence-corrected chi connectivity index (χ2v) is 7.23. The van der Waals surface area contributed by atoms with Gasteiger partial charge in [-0.3, -0.25) is 4.79 Å². The third-order valence-corrected chi connectivity index (χ3v) is 5.06. The summed E-state index contributed by atoms with van der Waals surface area (Å²) in [5, 5.41) is 7.85. The number of amides is 1. The van der Waals surface area contributed by atoms with Gasteiger partial charge in [-0.05, 0) is 36.1 Å². The quantitative estimate of drug-likeness (QED) is 0.464. The van der Waals surface area contributed by atoms with E-state index in [1.165, 1.54) is 5.56 Å². The highest BCUT2D eigenvalue weighted by molar-refractivity contribution is 5.76. The lowest BCUT2D eigenvalue weighted by atomic mass is 10.0. The molecule has 4 rings (SSSR count). The first kappa shape index (κ1) is 19.6. The zero-order chi connectivity index (χ0) is 20.6. The van der Waals surface area contributed by atoms with Crippen molar-refractivity contribution in [2.45, 2.75) is 19.3 Å². The fourth-order valence-electron chi connectivity index (χ4n) is 3.47. The van der Waals surface area contributed by atoms with E-state index < -0.39 is 0 Å². The molecule has 0 aliphatic rings. The average molecular weight is 396 g/mol. The molecule has 1 aromatic heterocycles. The van der Waals surface area contributed by atoms with Gasteiger partial charge in [0, 0.05) is 24.7 Å². The lowest BCUT2D eigenvalue weighted by Gasteiger charge is -2.06. The number of hydrogen-bond donors (Lipinski definition) is 1. The molecule has 0 unspecified atom stereocenters. The Morgan fingerprint density at radius 2 is 1.43 bits per heavy atom. The smallest absolute Gasteiger partial charge is 0.220 e. The maximum Gasteiger partial charge on any atom is 0.220 e. The van der Waals surface area contributed by atoms with Gasteiger partial charge in [-0.25, -0.2) is 4.68 Å². The fourth-order valence-corrected chi connectivity index (χ4v) is 3.47. The topological polar surface area (TPSA) is 46.9 Å². The van der Waals surface area contributed by atoms with E-state index in [1.807, 2.05) is 77.6 Å². The molecule has 0 atom stereocenters. The Morgan fingerprint density at radius 1 is 0.800 bits per heavy atom. The highest BCUT2D eigenvalue weighted by atomic mass is 16.1. The first-order valence-electron chi connectivity index (χ1n) is 10.3. The Labute approximate surface area is 177 Å². The Kier molecular flexibility index (Phi) is 6.35. The number of nitrogens with zero attached hydrogens (tertiary/aromatic N) is 2. The zero-order valence-electron chi connectivity index (χ0n) is 16.9. The highest BCUT2D eigenvalue weighted by Crippen LogP contribution is 2.24.